The van der Waals surface area contributed by atoms with Crippen LogP contribution in [0.15, 0.2) is 29.6 Å². The minimum atomic E-state index is -0.912. The van der Waals surface area contributed by atoms with Crippen molar-refractivity contribution in [2.24, 2.45) is 0 Å². The van der Waals surface area contributed by atoms with Crippen LogP contribution in [0.3, 0.4) is 0 Å². The van der Waals surface area contributed by atoms with Crippen molar-refractivity contribution in [2.75, 3.05) is 0 Å². The zero-order valence-corrected chi connectivity index (χ0v) is 10.3. The zero-order chi connectivity index (χ0) is 11.7. The molecule has 0 radical (unpaired) electrons. The van der Waals surface area contributed by atoms with E-state index >= 15 is 0 Å². The molecular weight excluding hydrogens is 301 g/mol. The normalized spacial score (nSPS) is 12.8. The van der Waals surface area contributed by atoms with Gasteiger partial charge in [-0.1, -0.05) is 22.0 Å². The molecular formula is C11H6BrF3S. The van der Waals surface area contributed by atoms with Crippen LogP contribution in [0.25, 0.3) is 0 Å². The van der Waals surface area contributed by atoms with E-state index in [-0.39, 0.29) is 5.56 Å². The number of thiophene rings is 1. The van der Waals surface area contributed by atoms with Gasteiger partial charge in [0.15, 0.2) is 0 Å². The molecule has 5 heteroatoms. The summed E-state index contributed by atoms with van der Waals surface area (Å²) < 4.78 is 39.6. The van der Waals surface area contributed by atoms with Crippen LogP contribution in [0.1, 0.15) is 15.3 Å². The summed E-state index contributed by atoms with van der Waals surface area (Å²) in [5, 5.41) is 1.81. The smallest absolute Gasteiger partial charge is 0.133 e. The molecule has 1 heterocycles. The second-order valence-electron chi connectivity index (χ2n) is 3.16. The van der Waals surface area contributed by atoms with Crippen LogP contribution in [0.4, 0.5) is 13.2 Å². The van der Waals surface area contributed by atoms with Crippen LogP contribution in [0.2, 0.25) is 0 Å². The number of alkyl halides is 1. The summed E-state index contributed by atoms with van der Waals surface area (Å²) in [4.78, 5) is 0.178. The molecule has 1 aromatic carbocycles. The lowest BCUT2D eigenvalue weighted by molar-refractivity contribution is 0.528. The van der Waals surface area contributed by atoms with E-state index in [9.17, 15) is 13.2 Å². The average molecular weight is 307 g/mol. The van der Waals surface area contributed by atoms with Crippen LogP contribution in [-0.4, -0.2) is 0 Å². The first-order valence-electron chi connectivity index (χ1n) is 4.41. The molecule has 2 aromatic rings. The van der Waals surface area contributed by atoms with Crippen LogP contribution >= 0.6 is 27.3 Å². The Morgan fingerprint density at radius 3 is 2.25 bits per heavy atom. The Labute approximate surface area is 103 Å². The van der Waals surface area contributed by atoms with E-state index < -0.39 is 22.3 Å². The molecule has 0 bridgehead atoms. The summed E-state index contributed by atoms with van der Waals surface area (Å²) in [7, 11) is 0. The molecule has 0 fully saturated rings. The molecule has 0 saturated carbocycles. The highest BCUT2D eigenvalue weighted by molar-refractivity contribution is 9.09. The van der Waals surface area contributed by atoms with Crippen molar-refractivity contribution in [3.05, 3.63) is 57.5 Å². The van der Waals surface area contributed by atoms with Crippen molar-refractivity contribution in [1.82, 2.24) is 0 Å². The van der Waals surface area contributed by atoms with Crippen molar-refractivity contribution >= 4 is 27.3 Å². The van der Waals surface area contributed by atoms with Gasteiger partial charge in [-0.25, -0.2) is 13.2 Å². The van der Waals surface area contributed by atoms with E-state index in [1.807, 2.05) is 5.38 Å². The predicted octanol–water partition coefficient (Wildman–Crippen LogP) is 4.65. The Kier molecular flexibility index (Phi) is 3.35. The maximum absolute atomic E-state index is 13.4. The Morgan fingerprint density at radius 1 is 1.12 bits per heavy atom. The van der Waals surface area contributed by atoms with Gasteiger partial charge in [0.1, 0.15) is 17.5 Å². The fourth-order valence-electron chi connectivity index (χ4n) is 1.37. The zero-order valence-electron chi connectivity index (χ0n) is 7.88. The van der Waals surface area contributed by atoms with Gasteiger partial charge in [-0.2, -0.15) is 0 Å². The molecule has 16 heavy (non-hydrogen) atoms. The molecule has 0 spiro atoms. The van der Waals surface area contributed by atoms with Crippen molar-refractivity contribution < 1.29 is 13.2 Å². The standard InChI is InChI=1S/C11H6BrF3S/c12-11(9-2-1-3-16-9)10-7(14)4-6(13)5-8(10)15/h1-5,11H. The van der Waals surface area contributed by atoms with Crippen molar-refractivity contribution in [3.63, 3.8) is 0 Å². The van der Waals surface area contributed by atoms with E-state index in [4.69, 9.17) is 0 Å². The molecule has 1 unspecified atom stereocenters. The third-order valence-electron chi connectivity index (χ3n) is 2.09. The van der Waals surface area contributed by atoms with Gasteiger partial charge in [0.2, 0.25) is 0 Å². The Hall–Kier alpha value is -0.810. The summed E-state index contributed by atoms with van der Waals surface area (Å²) in [6, 6.07) is 4.90. The number of halogens is 4. The molecule has 0 aliphatic carbocycles. The first-order valence-corrected chi connectivity index (χ1v) is 6.21. The topological polar surface area (TPSA) is 0 Å². The van der Waals surface area contributed by atoms with Gasteiger partial charge in [-0.3, -0.25) is 0 Å². The maximum Gasteiger partial charge on any atom is 0.133 e. The molecule has 0 aliphatic heterocycles. The highest BCUT2D eigenvalue weighted by Crippen LogP contribution is 2.36. The quantitative estimate of drug-likeness (QED) is 0.709. The van der Waals surface area contributed by atoms with Crippen LogP contribution in [0, 0.1) is 17.5 Å². The van der Waals surface area contributed by atoms with E-state index in [1.165, 1.54) is 11.3 Å². The lowest BCUT2D eigenvalue weighted by Crippen LogP contribution is -2.00. The molecule has 1 aromatic heterocycles. The second kappa shape index (κ2) is 4.59. The lowest BCUT2D eigenvalue weighted by atomic mass is 10.1. The van der Waals surface area contributed by atoms with Crippen molar-refractivity contribution in [2.45, 2.75) is 4.83 Å². The van der Waals surface area contributed by atoms with Gasteiger partial charge < -0.3 is 0 Å². The van der Waals surface area contributed by atoms with E-state index in [1.54, 1.807) is 12.1 Å². The molecule has 0 saturated heterocycles. The Morgan fingerprint density at radius 2 is 1.75 bits per heavy atom. The summed E-state index contributed by atoms with van der Waals surface area (Å²) in [6.45, 7) is 0. The average Bonchev–Trinajstić information content (AvgIpc) is 2.67. The largest absolute Gasteiger partial charge is 0.207 e. The van der Waals surface area contributed by atoms with E-state index in [0.717, 1.165) is 4.88 Å². The number of benzene rings is 1. The monoisotopic (exact) mass is 306 g/mol. The first-order chi connectivity index (χ1) is 7.59. The molecule has 0 N–H and O–H groups in total. The Bertz CT molecular complexity index is 473. The van der Waals surface area contributed by atoms with Crippen molar-refractivity contribution in [3.8, 4) is 0 Å². The van der Waals surface area contributed by atoms with Crippen molar-refractivity contribution in [1.29, 1.82) is 0 Å². The molecule has 1 atom stereocenters. The second-order valence-corrected chi connectivity index (χ2v) is 5.06. The summed E-state index contributed by atoms with van der Waals surface area (Å²) in [6.07, 6.45) is 0. The number of rotatable bonds is 2. The van der Waals surface area contributed by atoms with E-state index in [0.29, 0.717) is 12.1 Å². The maximum atomic E-state index is 13.4. The minimum Gasteiger partial charge on any atom is -0.207 e. The highest BCUT2D eigenvalue weighted by Gasteiger charge is 2.21. The van der Waals surface area contributed by atoms with Gasteiger partial charge in [0.25, 0.3) is 0 Å². The fraction of sp³-hybridized carbons (Fsp3) is 0.0909. The van der Waals surface area contributed by atoms with Crippen LogP contribution in [-0.2, 0) is 0 Å². The molecule has 0 aliphatic rings. The minimum absolute atomic E-state index is 0.163. The summed E-state index contributed by atoms with van der Waals surface area (Å²) >= 11 is 4.58. The number of hydrogen-bond donors (Lipinski definition) is 0. The highest BCUT2D eigenvalue weighted by atomic mass is 79.9. The van der Waals surface area contributed by atoms with Crippen LogP contribution in [0.5, 0.6) is 0 Å². The summed E-state index contributed by atoms with van der Waals surface area (Å²) in [5.74, 6) is -2.68. The predicted molar refractivity (Wildman–Crippen MR) is 61.4 cm³/mol. The first kappa shape index (κ1) is 11.7. The Balaban J connectivity index is 2.48. The van der Waals surface area contributed by atoms with Gasteiger partial charge in [0, 0.05) is 22.6 Å². The molecule has 2 rings (SSSR count). The third kappa shape index (κ3) is 2.15. The van der Waals surface area contributed by atoms with Crippen LogP contribution < -0.4 is 0 Å². The molecule has 0 amide bonds. The van der Waals surface area contributed by atoms with Gasteiger partial charge >= 0.3 is 0 Å². The fourth-order valence-corrected chi connectivity index (χ4v) is 3.00. The van der Waals surface area contributed by atoms with Gasteiger partial charge in [-0.05, 0) is 11.4 Å². The molecule has 84 valence electrons. The summed E-state index contributed by atoms with van der Waals surface area (Å²) in [5.41, 5.74) is -0.163. The third-order valence-corrected chi connectivity index (χ3v) is 4.28. The lowest BCUT2D eigenvalue weighted by Gasteiger charge is -2.10. The van der Waals surface area contributed by atoms with E-state index in [2.05, 4.69) is 15.9 Å². The van der Waals surface area contributed by atoms with Gasteiger partial charge in [0.05, 0.1) is 4.83 Å². The van der Waals surface area contributed by atoms with Gasteiger partial charge in [-0.15, -0.1) is 11.3 Å². The molecule has 0 nitrogen and oxygen atoms in total. The SMILES string of the molecule is Fc1cc(F)c(C(Br)c2cccs2)c(F)c1. The number of hydrogen-bond acceptors (Lipinski definition) is 1.